The number of hydrogen-bond donors (Lipinski definition) is 2. The van der Waals surface area contributed by atoms with E-state index in [1.54, 1.807) is 12.1 Å². The number of rotatable bonds is 3. The minimum atomic E-state index is -0.255. The number of aromatic hydroxyl groups is 1. The SMILES string of the molecule is COc1cc(-c2noc(C3CC(O)C3)n2)ccc1O. The lowest BCUT2D eigenvalue weighted by Crippen LogP contribution is -2.26. The molecule has 0 amide bonds. The zero-order chi connectivity index (χ0) is 13.4. The molecule has 0 unspecified atom stereocenters. The Bertz CT molecular complexity index is 590. The normalized spacial score (nSPS) is 22.0. The summed E-state index contributed by atoms with van der Waals surface area (Å²) in [5.74, 6) is 1.58. The molecule has 0 spiro atoms. The highest BCUT2D eigenvalue weighted by atomic mass is 16.5. The second kappa shape index (κ2) is 4.55. The highest BCUT2D eigenvalue weighted by Gasteiger charge is 2.33. The van der Waals surface area contributed by atoms with Crippen molar-refractivity contribution < 1.29 is 19.5 Å². The Morgan fingerprint density at radius 3 is 2.84 bits per heavy atom. The van der Waals surface area contributed by atoms with Gasteiger partial charge in [0.15, 0.2) is 11.5 Å². The standard InChI is InChI=1S/C13H14N2O4/c1-18-11-6-7(2-3-10(11)17)12-14-13(19-15-12)8-4-9(16)5-8/h2-3,6,8-9,16-17H,4-5H2,1H3. The molecule has 1 fully saturated rings. The Labute approximate surface area is 109 Å². The van der Waals surface area contributed by atoms with Crippen LogP contribution in [0.25, 0.3) is 11.4 Å². The monoisotopic (exact) mass is 262 g/mol. The summed E-state index contributed by atoms with van der Waals surface area (Å²) in [6, 6.07) is 4.87. The van der Waals surface area contributed by atoms with Gasteiger partial charge in [-0.25, -0.2) is 0 Å². The van der Waals surface area contributed by atoms with Crippen LogP contribution in [0.1, 0.15) is 24.7 Å². The first-order chi connectivity index (χ1) is 9.17. The number of phenolic OH excluding ortho intramolecular Hbond substituents is 1. The van der Waals surface area contributed by atoms with Gasteiger partial charge in [-0.15, -0.1) is 0 Å². The summed E-state index contributed by atoms with van der Waals surface area (Å²) >= 11 is 0. The third-order valence-corrected chi connectivity index (χ3v) is 3.34. The molecule has 19 heavy (non-hydrogen) atoms. The van der Waals surface area contributed by atoms with E-state index in [0.29, 0.717) is 35.9 Å². The van der Waals surface area contributed by atoms with Gasteiger partial charge in [0.1, 0.15) is 0 Å². The van der Waals surface area contributed by atoms with Gasteiger partial charge in [-0.1, -0.05) is 5.16 Å². The van der Waals surface area contributed by atoms with E-state index in [2.05, 4.69) is 10.1 Å². The van der Waals surface area contributed by atoms with Gasteiger partial charge in [-0.3, -0.25) is 0 Å². The highest BCUT2D eigenvalue weighted by molar-refractivity contribution is 5.60. The zero-order valence-electron chi connectivity index (χ0n) is 10.4. The molecule has 1 aromatic heterocycles. The van der Waals surface area contributed by atoms with Crippen LogP contribution in [0.2, 0.25) is 0 Å². The number of aromatic nitrogens is 2. The molecule has 1 aliphatic rings. The predicted octanol–water partition coefficient (Wildman–Crippen LogP) is 1.69. The Hall–Kier alpha value is -2.08. The Morgan fingerprint density at radius 1 is 1.37 bits per heavy atom. The van der Waals surface area contributed by atoms with Crippen molar-refractivity contribution in [3.8, 4) is 22.9 Å². The summed E-state index contributed by atoms with van der Waals surface area (Å²) in [4.78, 5) is 4.32. The average molecular weight is 262 g/mol. The molecule has 1 aliphatic carbocycles. The number of aliphatic hydroxyl groups excluding tert-OH is 1. The van der Waals surface area contributed by atoms with Crippen molar-refractivity contribution in [1.29, 1.82) is 0 Å². The summed E-state index contributed by atoms with van der Waals surface area (Å²) in [6.07, 6.45) is 1.08. The predicted molar refractivity (Wildman–Crippen MR) is 65.9 cm³/mol. The van der Waals surface area contributed by atoms with E-state index in [1.807, 2.05) is 0 Å². The van der Waals surface area contributed by atoms with Crippen LogP contribution >= 0.6 is 0 Å². The molecule has 1 saturated carbocycles. The van der Waals surface area contributed by atoms with Crippen molar-refractivity contribution in [2.75, 3.05) is 7.11 Å². The first-order valence-corrected chi connectivity index (χ1v) is 6.06. The van der Waals surface area contributed by atoms with Gasteiger partial charge in [0, 0.05) is 11.5 Å². The van der Waals surface area contributed by atoms with Gasteiger partial charge in [0.25, 0.3) is 0 Å². The van der Waals surface area contributed by atoms with E-state index in [4.69, 9.17) is 9.26 Å². The number of benzene rings is 1. The van der Waals surface area contributed by atoms with Crippen LogP contribution in [-0.4, -0.2) is 33.6 Å². The highest BCUT2D eigenvalue weighted by Crippen LogP contribution is 2.37. The largest absolute Gasteiger partial charge is 0.504 e. The van der Waals surface area contributed by atoms with Crippen LogP contribution in [0, 0.1) is 0 Å². The van der Waals surface area contributed by atoms with Crippen LogP contribution in [-0.2, 0) is 0 Å². The quantitative estimate of drug-likeness (QED) is 0.875. The molecule has 1 heterocycles. The van der Waals surface area contributed by atoms with Crippen molar-refractivity contribution >= 4 is 0 Å². The van der Waals surface area contributed by atoms with Gasteiger partial charge in [-0.05, 0) is 31.0 Å². The summed E-state index contributed by atoms with van der Waals surface area (Å²) in [6.45, 7) is 0. The molecule has 100 valence electrons. The molecular formula is C13H14N2O4. The third kappa shape index (κ3) is 2.15. The summed E-state index contributed by atoms with van der Waals surface area (Å²) in [5, 5.41) is 22.7. The lowest BCUT2D eigenvalue weighted by Gasteiger charge is -2.27. The molecule has 2 N–H and O–H groups in total. The van der Waals surface area contributed by atoms with E-state index in [1.165, 1.54) is 13.2 Å². The molecule has 0 aliphatic heterocycles. The maximum absolute atomic E-state index is 9.53. The maximum atomic E-state index is 9.53. The Kier molecular flexibility index (Phi) is 2.87. The van der Waals surface area contributed by atoms with Crippen molar-refractivity contribution in [2.45, 2.75) is 24.9 Å². The van der Waals surface area contributed by atoms with Gasteiger partial charge in [-0.2, -0.15) is 4.98 Å². The molecule has 6 heteroatoms. The molecule has 3 rings (SSSR count). The number of phenols is 1. The second-order valence-corrected chi connectivity index (χ2v) is 4.67. The van der Waals surface area contributed by atoms with Crippen LogP contribution in [0.3, 0.4) is 0 Å². The Balaban J connectivity index is 1.86. The number of aliphatic hydroxyl groups is 1. The van der Waals surface area contributed by atoms with Crippen molar-refractivity contribution in [3.63, 3.8) is 0 Å². The number of methoxy groups -OCH3 is 1. The van der Waals surface area contributed by atoms with Crippen LogP contribution < -0.4 is 4.74 Å². The number of nitrogens with zero attached hydrogens (tertiary/aromatic N) is 2. The lowest BCUT2D eigenvalue weighted by molar-refractivity contribution is 0.0625. The van der Waals surface area contributed by atoms with Crippen LogP contribution in [0.5, 0.6) is 11.5 Å². The molecule has 6 nitrogen and oxygen atoms in total. The first-order valence-electron chi connectivity index (χ1n) is 6.06. The molecule has 0 radical (unpaired) electrons. The summed E-state index contributed by atoms with van der Waals surface area (Å²) in [5.41, 5.74) is 0.713. The van der Waals surface area contributed by atoms with Gasteiger partial charge in [0.2, 0.25) is 11.7 Å². The molecular weight excluding hydrogens is 248 g/mol. The second-order valence-electron chi connectivity index (χ2n) is 4.67. The third-order valence-electron chi connectivity index (χ3n) is 3.34. The fraction of sp³-hybridized carbons (Fsp3) is 0.385. The van der Waals surface area contributed by atoms with Gasteiger partial charge < -0.3 is 19.5 Å². The fourth-order valence-electron chi connectivity index (χ4n) is 2.12. The molecule has 0 bridgehead atoms. The van der Waals surface area contributed by atoms with E-state index in [-0.39, 0.29) is 17.8 Å². The summed E-state index contributed by atoms with van der Waals surface area (Å²) < 4.78 is 10.2. The van der Waals surface area contributed by atoms with Crippen molar-refractivity contribution in [2.24, 2.45) is 0 Å². The van der Waals surface area contributed by atoms with Crippen molar-refractivity contribution in [1.82, 2.24) is 10.1 Å². The number of hydrogen-bond acceptors (Lipinski definition) is 6. The van der Waals surface area contributed by atoms with E-state index in [9.17, 15) is 10.2 Å². The smallest absolute Gasteiger partial charge is 0.230 e. The molecule has 1 aromatic carbocycles. The van der Waals surface area contributed by atoms with Crippen molar-refractivity contribution in [3.05, 3.63) is 24.1 Å². The molecule has 2 aromatic rings. The summed E-state index contributed by atoms with van der Waals surface area (Å²) in [7, 11) is 1.48. The van der Waals surface area contributed by atoms with E-state index in [0.717, 1.165) is 0 Å². The van der Waals surface area contributed by atoms with Gasteiger partial charge in [0.05, 0.1) is 13.2 Å². The Morgan fingerprint density at radius 2 is 2.16 bits per heavy atom. The zero-order valence-corrected chi connectivity index (χ0v) is 10.4. The van der Waals surface area contributed by atoms with E-state index >= 15 is 0 Å². The fourth-order valence-corrected chi connectivity index (χ4v) is 2.12. The molecule has 0 saturated heterocycles. The average Bonchev–Trinajstić information content (AvgIpc) is 2.85. The van der Waals surface area contributed by atoms with Crippen LogP contribution in [0.15, 0.2) is 22.7 Å². The minimum absolute atomic E-state index is 0.0667. The minimum Gasteiger partial charge on any atom is -0.504 e. The molecule has 0 atom stereocenters. The van der Waals surface area contributed by atoms with E-state index < -0.39 is 0 Å². The number of ether oxygens (including phenoxy) is 1. The van der Waals surface area contributed by atoms with Gasteiger partial charge >= 0.3 is 0 Å². The lowest BCUT2D eigenvalue weighted by atomic mass is 9.82. The first kappa shape index (κ1) is 12.0. The topological polar surface area (TPSA) is 88.6 Å². The van der Waals surface area contributed by atoms with Crippen LogP contribution in [0.4, 0.5) is 0 Å². The maximum Gasteiger partial charge on any atom is 0.230 e.